The van der Waals surface area contributed by atoms with Crippen LogP contribution in [0.5, 0.6) is 0 Å². The standard InChI is InChI=1S/C18H31N3/c1-6-16(19-7-2)17-9-8-15(12-20-17)21-11-10-14(13-21)18(3,4)5/h8-9,12,14,16,19H,6-7,10-11,13H2,1-5H3. The maximum absolute atomic E-state index is 4.70. The number of nitrogens with one attached hydrogen (secondary N) is 1. The van der Waals surface area contributed by atoms with Gasteiger partial charge >= 0.3 is 0 Å². The van der Waals surface area contributed by atoms with Gasteiger partial charge in [-0.15, -0.1) is 0 Å². The molecule has 0 amide bonds. The predicted molar refractivity (Wildman–Crippen MR) is 90.7 cm³/mol. The first-order valence-electron chi connectivity index (χ1n) is 8.40. The maximum atomic E-state index is 4.70. The molecule has 1 aromatic rings. The van der Waals surface area contributed by atoms with Crippen LogP contribution in [0.2, 0.25) is 0 Å². The average Bonchev–Trinajstić information content (AvgIpc) is 2.95. The summed E-state index contributed by atoms with van der Waals surface area (Å²) in [7, 11) is 0. The van der Waals surface area contributed by atoms with Crippen molar-refractivity contribution in [3.63, 3.8) is 0 Å². The molecule has 1 aliphatic heterocycles. The summed E-state index contributed by atoms with van der Waals surface area (Å²) in [5.74, 6) is 0.780. The number of rotatable bonds is 5. The Hall–Kier alpha value is -1.09. The van der Waals surface area contributed by atoms with Crippen molar-refractivity contribution in [2.75, 3.05) is 24.5 Å². The molecule has 2 heterocycles. The molecule has 1 fully saturated rings. The van der Waals surface area contributed by atoms with Crippen molar-refractivity contribution in [2.24, 2.45) is 11.3 Å². The van der Waals surface area contributed by atoms with E-state index in [0.717, 1.165) is 37.7 Å². The quantitative estimate of drug-likeness (QED) is 0.887. The fourth-order valence-electron chi connectivity index (χ4n) is 3.20. The molecule has 0 spiro atoms. The topological polar surface area (TPSA) is 28.2 Å². The second-order valence-corrected chi connectivity index (χ2v) is 7.26. The highest BCUT2D eigenvalue weighted by Crippen LogP contribution is 2.35. The van der Waals surface area contributed by atoms with E-state index in [0.29, 0.717) is 11.5 Å². The Bertz CT molecular complexity index is 433. The molecule has 0 bridgehead atoms. The van der Waals surface area contributed by atoms with Crippen LogP contribution in [0.4, 0.5) is 5.69 Å². The number of anilines is 1. The van der Waals surface area contributed by atoms with Crippen LogP contribution in [0, 0.1) is 11.3 Å². The third-order valence-electron chi connectivity index (χ3n) is 4.76. The van der Waals surface area contributed by atoms with Gasteiger partial charge in [0.15, 0.2) is 0 Å². The lowest BCUT2D eigenvalue weighted by Crippen LogP contribution is -2.26. The van der Waals surface area contributed by atoms with Crippen molar-refractivity contribution >= 4 is 5.69 Å². The van der Waals surface area contributed by atoms with Crippen molar-refractivity contribution < 1.29 is 0 Å². The lowest BCUT2D eigenvalue weighted by Gasteiger charge is -2.27. The normalized spacial score (nSPS) is 20.8. The molecule has 3 heteroatoms. The van der Waals surface area contributed by atoms with Crippen molar-refractivity contribution in [3.8, 4) is 0 Å². The monoisotopic (exact) mass is 289 g/mol. The highest BCUT2D eigenvalue weighted by molar-refractivity contribution is 5.46. The fourth-order valence-corrected chi connectivity index (χ4v) is 3.20. The van der Waals surface area contributed by atoms with Crippen LogP contribution in [0.1, 0.15) is 59.2 Å². The maximum Gasteiger partial charge on any atom is 0.0574 e. The van der Waals surface area contributed by atoms with Crippen LogP contribution >= 0.6 is 0 Å². The molecule has 1 aromatic heterocycles. The molecule has 0 aliphatic carbocycles. The summed E-state index contributed by atoms with van der Waals surface area (Å²) in [5.41, 5.74) is 2.84. The molecule has 2 unspecified atom stereocenters. The van der Waals surface area contributed by atoms with E-state index in [1.807, 2.05) is 0 Å². The van der Waals surface area contributed by atoms with Gasteiger partial charge in [0.1, 0.15) is 0 Å². The SMILES string of the molecule is CCNC(CC)c1ccc(N2CCC(C(C)(C)C)C2)cn1. The van der Waals surface area contributed by atoms with E-state index < -0.39 is 0 Å². The first-order valence-corrected chi connectivity index (χ1v) is 8.40. The van der Waals surface area contributed by atoms with Gasteiger partial charge in [-0.2, -0.15) is 0 Å². The van der Waals surface area contributed by atoms with E-state index in [4.69, 9.17) is 4.98 Å². The molecular weight excluding hydrogens is 258 g/mol. The van der Waals surface area contributed by atoms with E-state index in [-0.39, 0.29) is 0 Å². The summed E-state index contributed by atoms with van der Waals surface area (Å²) in [6, 6.07) is 4.81. The summed E-state index contributed by atoms with van der Waals surface area (Å²) in [5, 5.41) is 3.49. The van der Waals surface area contributed by atoms with Crippen molar-refractivity contribution in [1.29, 1.82) is 0 Å². The highest BCUT2D eigenvalue weighted by Gasteiger charge is 2.31. The minimum atomic E-state index is 0.380. The molecule has 118 valence electrons. The van der Waals surface area contributed by atoms with Gasteiger partial charge < -0.3 is 10.2 Å². The van der Waals surface area contributed by atoms with Crippen LogP contribution in [0.15, 0.2) is 18.3 Å². The number of hydrogen-bond acceptors (Lipinski definition) is 3. The van der Waals surface area contributed by atoms with E-state index >= 15 is 0 Å². The van der Waals surface area contributed by atoms with Gasteiger partial charge in [0, 0.05) is 19.1 Å². The molecule has 1 N–H and O–H groups in total. The van der Waals surface area contributed by atoms with Gasteiger partial charge in [0.2, 0.25) is 0 Å². The fraction of sp³-hybridized carbons (Fsp3) is 0.722. The number of aromatic nitrogens is 1. The van der Waals surface area contributed by atoms with E-state index in [2.05, 4.69) is 63.2 Å². The third-order valence-corrected chi connectivity index (χ3v) is 4.76. The summed E-state index contributed by atoms with van der Waals surface area (Å²) in [6.45, 7) is 14.7. The molecule has 2 rings (SSSR count). The van der Waals surface area contributed by atoms with Gasteiger partial charge in [-0.05, 0) is 42.9 Å². The number of hydrogen-bond donors (Lipinski definition) is 1. The van der Waals surface area contributed by atoms with Gasteiger partial charge in [-0.25, -0.2) is 0 Å². The molecule has 0 radical (unpaired) electrons. The van der Waals surface area contributed by atoms with E-state index in [9.17, 15) is 0 Å². The zero-order chi connectivity index (χ0) is 15.5. The molecule has 2 atom stereocenters. The Balaban J connectivity index is 2.03. The zero-order valence-corrected chi connectivity index (χ0v) is 14.3. The van der Waals surface area contributed by atoms with Crippen molar-refractivity contribution in [3.05, 3.63) is 24.0 Å². The van der Waals surface area contributed by atoms with Crippen LogP contribution in [-0.2, 0) is 0 Å². The molecular formula is C18H31N3. The Morgan fingerprint density at radius 1 is 1.33 bits per heavy atom. The molecule has 1 saturated heterocycles. The third kappa shape index (κ3) is 3.97. The Morgan fingerprint density at radius 2 is 2.10 bits per heavy atom. The van der Waals surface area contributed by atoms with E-state index in [1.54, 1.807) is 0 Å². The minimum Gasteiger partial charge on any atom is -0.370 e. The summed E-state index contributed by atoms with van der Waals surface area (Å²) in [6.07, 6.45) is 4.43. The van der Waals surface area contributed by atoms with Crippen LogP contribution in [-0.4, -0.2) is 24.6 Å². The van der Waals surface area contributed by atoms with Gasteiger partial charge in [-0.1, -0.05) is 34.6 Å². The molecule has 1 aliphatic rings. The molecule has 3 nitrogen and oxygen atoms in total. The van der Waals surface area contributed by atoms with E-state index in [1.165, 1.54) is 12.1 Å². The van der Waals surface area contributed by atoms with Gasteiger partial charge in [0.05, 0.1) is 17.6 Å². The van der Waals surface area contributed by atoms with Crippen molar-refractivity contribution in [1.82, 2.24) is 10.3 Å². The largest absolute Gasteiger partial charge is 0.370 e. The van der Waals surface area contributed by atoms with Crippen LogP contribution in [0.3, 0.4) is 0 Å². The second-order valence-electron chi connectivity index (χ2n) is 7.26. The Labute approximate surface area is 130 Å². The van der Waals surface area contributed by atoms with Gasteiger partial charge in [0.25, 0.3) is 0 Å². The molecule has 0 aromatic carbocycles. The first kappa shape index (κ1) is 16.3. The highest BCUT2D eigenvalue weighted by atomic mass is 15.2. The number of nitrogens with zero attached hydrogens (tertiary/aromatic N) is 2. The predicted octanol–water partition coefficient (Wildman–Crippen LogP) is 4.01. The van der Waals surface area contributed by atoms with Gasteiger partial charge in [-0.3, -0.25) is 4.98 Å². The number of pyridine rings is 1. The summed E-state index contributed by atoms with van der Waals surface area (Å²) in [4.78, 5) is 7.18. The lowest BCUT2D eigenvalue weighted by atomic mass is 9.80. The zero-order valence-electron chi connectivity index (χ0n) is 14.3. The second kappa shape index (κ2) is 6.78. The Kier molecular flexibility index (Phi) is 5.26. The minimum absolute atomic E-state index is 0.380. The lowest BCUT2D eigenvalue weighted by molar-refractivity contribution is 0.263. The summed E-state index contributed by atoms with van der Waals surface area (Å²) < 4.78 is 0. The van der Waals surface area contributed by atoms with Crippen molar-refractivity contribution in [2.45, 2.75) is 53.5 Å². The summed E-state index contributed by atoms with van der Waals surface area (Å²) >= 11 is 0. The molecule has 21 heavy (non-hydrogen) atoms. The van der Waals surface area contributed by atoms with Crippen LogP contribution < -0.4 is 10.2 Å². The average molecular weight is 289 g/mol. The molecule has 0 saturated carbocycles. The first-order chi connectivity index (χ1) is 9.95. The van der Waals surface area contributed by atoms with Crippen LogP contribution in [0.25, 0.3) is 0 Å². The smallest absolute Gasteiger partial charge is 0.0574 e. The Morgan fingerprint density at radius 3 is 2.57 bits per heavy atom.